The maximum absolute atomic E-state index is 12.2. The van der Waals surface area contributed by atoms with Gasteiger partial charge in [-0.1, -0.05) is 0 Å². The zero-order valence-corrected chi connectivity index (χ0v) is 14.4. The summed E-state index contributed by atoms with van der Waals surface area (Å²) in [5.41, 5.74) is 1.44. The molecule has 0 unspecified atom stereocenters. The highest BCUT2D eigenvalue weighted by molar-refractivity contribution is 7.10. The Morgan fingerprint density at radius 1 is 1.52 bits per heavy atom. The highest BCUT2D eigenvalue weighted by Gasteiger charge is 2.22. The number of hydrogen-bond acceptors (Lipinski definition) is 4. The molecular formula is C17H23N3O2S. The third-order valence-electron chi connectivity index (χ3n) is 4.33. The Hall–Kier alpha value is -1.79. The van der Waals surface area contributed by atoms with Crippen LogP contribution >= 0.6 is 11.3 Å². The monoisotopic (exact) mass is 333 g/mol. The van der Waals surface area contributed by atoms with Crippen molar-refractivity contribution in [3.63, 3.8) is 0 Å². The Labute approximate surface area is 140 Å². The highest BCUT2D eigenvalue weighted by atomic mass is 32.1. The quantitative estimate of drug-likeness (QED) is 0.915. The number of rotatable bonds is 5. The molecule has 2 aromatic heterocycles. The van der Waals surface area contributed by atoms with Gasteiger partial charge in [0, 0.05) is 37.6 Å². The summed E-state index contributed by atoms with van der Waals surface area (Å²) in [7, 11) is 1.78. The van der Waals surface area contributed by atoms with Crippen molar-refractivity contribution in [3.05, 3.63) is 46.0 Å². The van der Waals surface area contributed by atoms with Gasteiger partial charge in [0.2, 0.25) is 0 Å². The third kappa shape index (κ3) is 3.95. The van der Waals surface area contributed by atoms with Gasteiger partial charge in [-0.25, -0.2) is 4.79 Å². The molecule has 1 atom stereocenters. The predicted molar refractivity (Wildman–Crippen MR) is 91.5 cm³/mol. The van der Waals surface area contributed by atoms with E-state index in [9.17, 15) is 4.79 Å². The van der Waals surface area contributed by atoms with Crippen LogP contribution in [0.3, 0.4) is 0 Å². The molecule has 5 nitrogen and oxygen atoms in total. The molecule has 0 bridgehead atoms. The number of thiophene rings is 1. The molecule has 0 aromatic carbocycles. The molecule has 6 heteroatoms. The third-order valence-corrected chi connectivity index (χ3v) is 5.35. The molecule has 1 aliphatic heterocycles. The first-order valence-corrected chi connectivity index (χ1v) is 8.82. The second-order valence-electron chi connectivity index (χ2n) is 6.06. The van der Waals surface area contributed by atoms with E-state index < -0.39 is 0 Å². The fourth-order valence-corrected chi connectivity index (χ4v) is 3.74. The normalized spacial score (nSPS) is 15.9. The zero-order chi connectivity index (χ0) is 16.2. The van der Waals surface area contributed by atoms with E-state index in [-0.39, 0.29) is 6.03 Å². The molecule has 0 fully saturated rings. The van der Waals surface area contributed by atoms with Gasteiger partial charge in [0.25, 0.3) is 0 Å². The smallest absolute Gasteiger partial charge is 0.317 e. The summed E-state index contributed by atoms with van der Waals surface area (Å²) in [6.45, 7) is 5.35. The molecule has 124 valence electrons. The van der Waals surface area contributed by atoms with E-state index in [1.807, 2.05) is 23.5 Å². The number of furan rings is 1. The maximum Gasteiger partial charge on any atom is 0.317 e. The number of fused-ring (bicyclic) bond motifs is 1. The van der Waals surface area contributed by atoms with Crippen LogP contribution in [0.25, 0.3) is 0 Å². The summed E-state index contributed by atoms with van der Waals surface area (Å²) in [6.07, 6.45) is 2.74. The van der Waals surface area contributed by atoms with Crippen molar-refractivity contribution >= 4 is 17.4 Å². The Kier molecular flexibility index (Phi) is 5.03. The van der Waals surface area contributed by atoms with E-state index in [1.165, 1.54) is 10.4 Å². The lowest BCUT2D eigenvalue weighted by Crippen LogP contribution is -2.46. The number of carbonyl (C=O) groups is 1. The van der Waals surface area contributed by atoms with Crippen LogP contribution in [-0.4, -0.2) is 42.0 Å². The fourth-order valence-electron chi connectivity index (χ4n) is 2.85. The van der Waals surface area contributed by atoms with Crippen molar-refractivity contribution < 1.29 is 9.21 Å². The Balaban J connectivity index is 1.45. The molecule has 3 heterocycles. The van der Waals surface area contributed by atoms with Crippen molar-refractivity contribution in [2.24, 2.45) is 0 Å². The summed E-state index contributed by atoms with van der Waals surface area (Å²) in [4.78, 5) is 17.7. The van der Waals surface area contributed by atoms with Gasteiger partial charge in [-0.05, 0) is 42.5 Å². The molecular weight excluding hydrogens is 310 g/mol. The van der Waals surface area contributed by atoms with Crippen molar-refractivity contribution in [1.29, 1.82) is 0 Å². The zero-order valence-electron chi connectivity index (χ0n) is 13.6. The summed E-state index contributed by atoms with van der Waals surface area (Å²) in [6, 6.07) is 6.18. The van der Waals surface area contributed by atoms with Gasteiger partial charge in [-0.15, -0.1) is 11.3 Å². The van der Waals surface area contributed by atoms with E-state index in [2.05, 4.69) is 28.6 Å². The first-order chi connectivity index (χ1) is 11.1. The molecule has 0 saturated heterocycles. The lowest BCUT2D eigenvalue weighted by atomic mass is 10.1. The van der Waals surface area contributed by atoms with E-state index in [1.54, 1.807) is 18.2 Å². The van der Waals surface area contributed by atoms with E-state index in [4.69, 9.17) is 4.42 Å². The second kappa shape index (κ2) is 7.19. The van der Waals surface area contributed by atoms with Crippen molar-refractivity contribution in [3.8, 4) is 0 Å². The van der Waals surface area contributed by atoms with Gasteiger partial charge < -0.3 is 14.6 Å². The number of urea groups is 1. The number of amides is 2. The largest absolute Gasteiger partial charge is 0.467 e. The van der Waals surface area contributed by atoms with Gasteiger partial charge in [0.15, 0.2) is 0 Å². The number of nitrogens with zero attached hydrogens (tertiary/aromatic N) is 2. The fraction of sp³-hybridized carbons (Fsp3) is 0.471. The number of nitrogens with one attached hydrogen (secondary N) is 1. The minimum absolute atomic E-state index is 0.0681. The number of carbonyl (C=O) groups excluding carboxylic acids is 1. The second-order valence-corrected chi connectivity index (χ2v) is 7.06. The summed E-state index contributed by atoms with van der Waals surface area (Å²) in [5.74, 6) is 0.789. The summed E-state index contributed by atoms with van der Waals surface area (Å²) < 4.78 is 5.27. The Bertz CT molecular complexity index is 638. The average molecular weight is 333 g/mol. The van der Waals surface area contributed by atoms with E-state index >= 15 is 0 Å². The van der Waals surface area contributed by atoms with Gasteiger partial charge in [0.1, 0.15) is 5.76 Å². The molecule has 3 rings (SSSR count). The van der Waals surface area contributed by atoms with Gasteiger partial charge in [0.05, 0.1) is 12.8 Å². The molecule has 1 aliphatic rings. The minimum atomic E-state index is -0.0681. The summed E-state index contributed by atoms with van der Waals surface area (Å²) in [5, 5.41) is 5.19. The lowest BCUT2D eigenvalue weighted by molar-refractivity contribution is 0.175. The molecule has 0 radical (unpaired) electrons. The molecule has 0 spiro atoms. The average Bonchev–Trinajstić information content (AvgIpc) is 3.22. The van der Waals surface area contributed by atoms with Crippen LogP contribution in [0.2, 0.25) is 0 Å². The van der Waals surface area contributed by atoms with Gasteiger partial charge >= 0.3 is 6.03 Å². The van der Waals surface area contributed by atoms with Crippen LogP contribution in [-0.2, 0) is 19.5 Å². The molecule has 2 amide bonds. The summed E-state index contributed by atoms with van der Waals surface area (Å²) >= 11 is 1.85. The maximum atomic E-state index is 12.2. The lowest BCUT2D eigenvalue weighted by Gasteiger charge is -2.32. The van der Waals surface area contributed by atoms with Crippen LogP contribution in [0.15, 0.2) is 34.3 Å². The topological polar surface area (TPSA) is 48.7 Å². The first-order valence-electron chi connectivity index (χ1n) is 7.94. The SMILES string of the molecule is C[C@@H](CNC(=O)N(C)Cc1ccco1)N1CCc2sccc2C1. The van der Waals surface area contributed by atoms with Gasteiger partial charge in [-0.3, -0.25) is 4.90 Å². The van der Waals surface area contributed by atoms with Crippen molar-refractivity contribution in [2.45, 2.75) is 32.5 Å². The van der Waals surface area contributed by atoms with Crippen molar-refractivity contribution in [2.75, 3.05) is 20.1 Å². The van der Waals surface area contributed by atoms with Crippen LogP contribution in [0.5, 0.6) is 0 Å². The predicted octanol–water partition coefficient (Wildman–Crippen LogP) is 2.93. The van der Waals surface area contributed by atoms with E-state index in [0.29, 0.717) is 19.1 Å². The highest BCUT2D eigenvalue weighted by Crippen LogP contribution is 2.24. The number of hydrogen-bond donors (Lipinski definition) is 1. The molecule has 0 saturated carbocycles. The molecule has 23 heavy (non-hydrogen) atoms. The van der Waals surface area contributed by atoms with Crippen LogP contribution < -0.4 is 5.32 Å². The van der Waals surface area contributed by atoms with Crippen LogP contribution in [0, 0.1) is 0 Å². The van der Waals surface area contributed by atoms with Crippen LogP contribution in [0.1, 0.15) is 23.1 Å². The van der Waals surface area contributed by atoms with Crippen LogP contribution in [0.4, 0.5) is 4.79 Å². The van der Waals surface area contributed by atoms with Gasteiger partial charge in [-0.2, -0.15) is 0 Å². The molecule has 1 N–H and O–H groups in total. The molecule has 2 aromatic rings. The Morgan fingerprint density at radius 2 is 2.39 bits per heavy atom. The van der Waals surface area contributed by atoms with E-state index in [0.717, 1.165) is 25.3 Å². The Morgan fingerprint density at radius 3 is 3.17 bits per heavy atom. The standard InChI is InChI=1S/C17H23N3O2S/c1-13(20-7-5-16-14(11-20)6-9-23-16)10-18-17(21)19(2)12-15-4-3-8-22-15/h3-4,6,8-9,13H,5,7,10-12H2,1-2H3,(H,18,21)/t13-/m0/s1. The first kappa shape index (κ1) is 16.1. The van der Waals surface area contributed by atoms with Crippen molar-refractivity contribution in [1.82, 2.24) is 15.1 Å². The molecule has 0 aliphatic carbocycles. The minimum Gasteiger partial charge on any atom is -0.467 e.